The van der Waals surface area contributed by atoms with Crippen molar-refractivity contribution in [1.82, 2.24) is 5.16 Å². The zero-order valence-corrected chi connectivity index (χ0v) is 7.09. The Kier molecular flexibility index (Phi) is 2.62. The summed E-state index contributed by atoms with van der Waals surface area (Å²) < 4.78 is 48.9. The van der Waals surface area contributed by atoms with Gasteiger partial charge >= 0.3 is 0 Å². The molecule has 74 valence electrons. The highest BCUT2D eigenvalue weighted by Gasteiger charge is 2.16. The SMILES string of the molecule is NS(=O)(=O)Cc1cc(C(F)F)on1. The molecule has 0 fully saturated rings. The molecule has 1 heterocycles. The number of hydrogen-bond donors (Lipinski definition) is 1. The number of nitrogens with two attached hydrogens (primary N) is 1. The number of hydrogen-bond acceptors (Lipinski definition) is 4. The molecule has 0 unspecified atom stereocenters. The van der Waals surface area contributed by atoms with E-state index in [1.54, 1.807) is 0 Å². The fraction of sp³-hybridized carbons (Fsp3) is 0.400. The molecule has 1 aromatic heterocycles. The maximum absolute atomic E-state index is 11.9. The lowest BCUT2D eigenvalue weighted by Gasteiger charge is -1.89. The summed E-state index contributed by atoms with van der Waals surface area (Å²) in [7, 11) is -3.76. The second kappa shape index (κ2) is 3.38. The molecule has 0 bridgehead atoms. The van der Waals surface area contributed by atoms with Crippen molar-refractivity contribution in [2.24, 2.45) is 5.14 Å². The molecular formula is C5H6F2N2O3S. The standard InChI is InChI=1S/C5H6F2N2O3S/c6-5(7)4-1-3(9-12-4)2-13(8,10)11/h1,5H,2H2,(H2,8,10,11). The Labute approximate surface area is 72.6 Å². The summed E-state index contributed by atoms with van der Waals surface area (Å²) in [4.78, 5) is 0. The quantitative estimate of drug-likeness (QED) is 0.785. The summed E-state index contributed by atoms with van der Waals surface area (Å²) in [6.07, 6.45) is -2.80. The smallest absolute Gasteiger partial charge is 0.298 e. The molecule has 0 aromatic carbocycles. The zero-order valence-electron chi connectivity index (χ0n) is 6.28. The van der Waals surface area contributed by atoms with Gasteiger partial charge in [0.1, 0.15) is 11.4 Å². The fourth-order valence-corrected chi connectivity index (χ4v) is 1.25. The first-order valence-corrected chi connectivity index (χ1v) is 4.84. The van der Waals surface area contributed by atoms with Crippen LogP contribution in [0.2, 0.25) is 0 Å². The van der Waals surface area contributed by atoms with E-state index >= 15 is 0 Å². The van der Waals surface area contributed by atoms with Crippen molar-refractivity contribution in [3.63, 3.8) is 0 Å². The van der Waals surface area contributed by atoms with Crippen LogP contribution in [0.5, 0.6) is 0 Å². The first-order chi connectivity index (χ1) is 5.88. The topological polar surface area (TPSA) is 86.2 Å². The molecule has 2 N–H and O–H groups in total. The van der Waals surface area contributed by atoms with Crippen LogP contribution < -0.4 is 5.14 Å². The minimum Gasteiger partial charge on any atom is -0.355 e. The van der Waals surface area contributed by atoms with Crippen LogP contribution in [0.25, 0.3) is 0 Å². The molecule has 0 radical (unpaired) electrons. The summed E-state index contributed by atoms with van der Waals surface area (Å²) in [5.74, 6) is -1.28. The summed E-state index contributed by atoms with van der Waals surface area (Å²) >= 11 is 0. The summed E-state index contributed by atoms with van der Waals surface area (Å²) in [6, 6.07) is 0.856. The van der Waals surface area contributed by atoms with E-state index in [9.17, 15) is 17.2 Å². The van der Waals surface area contributed by atoms with E-state index in [0.29, 0.717) is 0 Å². The van der Waals surface area contributed by atoms with Gasteiger partial charge < -0.3 is 4.52 Å². The third kappa shape index (κ3) is 3.07. The van der Waals surface area contributed by atoms with Gasteiger partial charge in [-0.25, -0.2) is 22.3 Å². The Hall–Kier alpha value is -1.02. The van der Waals surface area contributed by atoms with Gasteiger partial charge in [0.2, 0.25) is 15.8 Å². The molecular weight excluding hydrogens is 206 g/mol. The van der Waals surface area contributed by atoms with Gasteiger partial charge in [0.15, 0.2) is 0 Å². The highest BCUT2D eigenvalue weighted by atomic mass is 32.2. The van der Waals surface area contributed by atoms with Crippen LogP contribution in [0.3, 0.4) is 0 Å². The van der Waals surface area contributed by atoms with E-state index < -0.39 is 28.0 Å². The molecule has 0 spiro atoms. The van der Waals surface area contributed by atoms with Crippen LogP contribution in [0.1, 0.15) is 17.9 Å². The third-order valence-corrected chi connectivity index (χ3v) is 1.84. The van der Waals surface area contributed by atoms with E-state index in [1.165, 1.54) is 0 Å². The van der Waals surface area contributed by atoms with Gasteiger partial charge in [0, 0.05) is 6.07 Å². The largest absolute Gasteiger partial charge is 0.355 e. The molecule has 1 aromatic rings. The maximum atomic E-state index is 11.9. The average molecular weight is 212 g/mol. The number of nitrogens with zero attached hydrogens (tertiary/aromatic N) is 1. The van der Waals surface area contributed by atoms with Crippen LogP contribution in [0.4, 0.5) is 8.78 Å². The molecule has 0 saturated carbocycles. The molecule has 8 heteroatoms. The summed E-state index contributed by atoms with van der Waals surface area (Å²) in [5.41, 5.74) is -0.127. The highest BCUT2D eigenvalue weighted by molar-refractivity contribution is 7.88. The van der Waals surface area contributed by atoms with Gasteiger partial charge in [0.25, 0.3) is 6.43 Å². The minimum absolute atomic E-state index is 0.127. The molecule has 0 amide bonds. The van der Waals surface area contributed by atoms with Crippen molar-refractivity contribution in [2.75, 3.05) is 0 Å². The van der Waals surface area contributed by atoms with Crippen molar-refractivity contribution in [1.29, 1.82) is 0 Å². The molecule has 13 heavy (non-hydrogen) atoms. The van der Waals surface area contributed by atoms with Crippen molar-refractivity contribution in [2.45, 2.75) is 12.2 Å². The van der Waals surface area contributed by atoms with E-state index in [0.717, 1.165) is 6.07 Å². The molecule has 0 aliphatic carbocycles. The molecule has 1 rings (SSSR count). The zero-order chi connectivity index (χ0) is 10.1. The fourth-order valence-electron chi connectivity index (χ4n) is 0.705. The van der Waals surface area contributed by atoms with Gasteiger partial charge in [0.05, 0.1) is 0 Å². The number of rotatable bonds is 3. The normalized spacial score (nSPS) is 12.3. The van der Waals surface area contributed by atoms with Crippen LogP contribution in [-0.4, -0.2) is 13.6 Å². The maximum Gasteiger partial charge on any atom is 0.298 e. The Morgan fingerprint density at radius 2 is 2.23 bits per heavy atom. The highest BCUT2D eigenvalue weighted by Crippen LogP contribution is 2.19. The van der Waals surface area contributed by atoms with E-state index in [2.05, 4.69) is 14.8 Å². The van der Waals surface area contributed by atoms with E-state index in [4.69, 9.17) is 0 Å². The van der Waals surface area contributed by atoms with Crippen LogP contribution >= 0.6 is 0 Å². The molecule has 0 saturated heterocycles. The van der Waals surface area contributed by atoms with E-state index in [1.807, 2.05) is 0 Å². The van der Waals surface area contributed by atoms with Gasteiger partial charge in [-0.15, -0.1) is 0 Å². The lowest BCUT2D eigenvalue weighted by molar-refractivity contribution is 0.112. The monoisotopic (exact) mass is 212 g/mol. The first-order valence-electron chi connectivity index (χ1n) is 3.12. The van der Waals surface area contributed by atoms with Crippen molar-refractivity contribution in [3.8, 4) is 0 Å². The summed E-state index contributed by atoms with van der Waals surface area (Å²) in [6.45, 7) is 0. The second-order valence-electron chi connectivity index (χ2n) is 2.33. The molecule has 5 nitrogen and oxygen atoms in total. The molecule has 0 aliphatic heterocycles. The van der Waals surface area contributed by atoms with Crippen molar-refractivity contribution < 1.29 is 21.7 Å². The Bertz CT molecular complexity index is 386. The predicted molar refractivity (Wildman–Crippen MR) is 38.3 cm³/mol. The number of primary sulfonamides is 1. The molecule has 0 aliphatic rings. The lowest BCUT2D eigenvalue weighted by Crippen LogP contribution is -2.14. The Morgan fingerprint density at radius 3 is 2.62 bits per heavy atom. The van der Waals surface area contributed by atoms with Crippen LogP contribution in [0, 0.1) is 0 Å². The van der Waals surface area contributed by atoms with Gasteiger partial charge in [-0.05, 0) is 0 Å². The minimum atomic E-state index is -3.76. The first kappa shape index (κ1) is 10.1. The van der Waals surface area contributed by atoms with Gasteiger partial charge in [-0.2, -0.15) is 0 Å². The average Bonchev–Trinajstić information content (AvgIpc) is 2.31. The predicted octanol–water partition coefficient (Wildman–Crippen LogP) is 0.401. The summed E-state index contributed by atoms with van der Waals surface area (Å²) in [5, 5.41) is 7.76. The number of halogens is 2. The molecule has 0 atom stereocenters. The van der Waals surface area contributed by atoms with Crippen LogP contribution in [-0.2, 0) is 15.8 Å². The van der Waals surface area contributed by atoms with Gasteiger partial charge in [-0.3, -0.25) is 0 Å². The van der Waals surface area contributed by atoms with E-state index in [-0.39, 0.29) is 5.69 Å². The number of sulfonamides is 1. The van der Waals surface area contributed by atoms with Crippen molar-refractivity contribution >= 4 is 10.0 Å². The third-order valence-electron chi connectivity index (χ3n) is 1.14. The van der Waals surface area contributed by atoms with Crippen LogP contribution in [0.15, 0.2) is 10.6 Å². The number of aromatic nitrogens is 1. The van der Waals surface area contributed by atoms with Crippen molar-refractivity contribution in [3.05, 3.63) is 17.5 Å². The lowest BCUT2D eigenvalue weighted by atomic mass is 10.4. The Balaban J connectivity index is 2.81. The number of alkyl halides is 2. The van der Waals surface area contributed by atoms with Gasteiger partial charge in [-0.1, -0.05) is 5.16 Å². The second-order valence-corrected chi connectivity index (χ2v) is 3.94. The Morgan fingerprint density at radius 1 is 1.62 bits per heavy atom.